The summed E-state index contributed by atoms with van der Waals surface area (Å²) in [5, 5.41) is 4.48. The SMILES string of the molecule is CC1(C)CCCCC1=NNC(N)=S. The Labute approximate surface area is 84.8 Å². The van der Waals surface area contributed by atoms with Crippen LogP contribution >= 0.6 is 12.2 Å². The van der Waals surface area contributed by atoms with Crippen molar-refractivity contribution in [3.05, 3.63) is 0 Å². The third-order valence-electron chi connectivity index (χ3n) is 2.55. The number of hydrogen-bond donors (Lipinski definition) is 2. The molecular formula is C9H17N3S. The first-order valence-corrected chi connectivity index (χ1v) is 5.06. The Balaban J connectivity index is 2.64. The van der Waals surface area contributed by atoms with Gasteiger partial charge >= 0.3 is 0 Å². The van der Waals surface area contributed by atoms with Crippen molar-refractivity contribution in [1.82, 2.24) is 5.43 Å². The van der Waals surface area contributed by atoms with Crippen molar-refractivity contribution in [3.8, 4) is 0 Å². The van der Waals surface area contributed by atoms with Crippen LogP contribution in [0.3, 0.4) is 0 Å². The lowest BCUT2D eigenvalue weighted by atomic mass is 9.76. The van der Waals surface area contributed by atoms with E-state index in [1.165, 1.54) is 25.0 Å². The Bertz CT molecular complexity index is 233. The van der Waals surface area contributed by atoms with E-state index in [9.17, 15) is 0 Å². The number of nitrogens with zero attached hydrogens (tertiary/aromatic N) is 1. The van der Waals surface area contributed by atoms with Crippen molar-refractivity contribution < 1.29 is 0 Å². The maximum atomic E-state index is 5.31. The van der Waals surface area contributed by atoms with E-state index < -0.39 is 0 Å². The predicted octanol–water partition coefficient (Wildman–Crippen LogP) is 1.78. The Morgan fingerprint density at radius 3 is 2.77 bits per heavy atom. The predicted molar refractivity (Wildman–Crippen MR) is 59.6 cm³/mol. The summed E-state index contributed by atoms with van der Waals surface area (Å²) in [5.74, 6) is 0. The summed E-state index contributed by atoms with van der Waals surface area (Å²) in [4.78, 5) is 0. The minimum Gasteiger partial charge on any atom is -0.375 e. The summed E-state index contributed by atoms with van der Waals surface area (Å²) in [6.07, 6.45) is 4.77. The fraction of sp³-hybridized carbons (Fsp3) is 0.778. The second-order valence-corrected chi connectivity index (χ2v) is 4.57. The average Bonchev–Trinajstić information content (AvgIpc) is 2.01. The smallest absolute Gasteiger partial charge is 0.184 e. The summed E-state index contributed by atoms with van der Waals surface area (Å²) in [5.41, 5.74) is 9.37. The summed E-state index contributed by atoms with van der Waals surface area (Å²) in [6, 6.07) is 0. The lowest BCUT2D eigenvalue weighted by Crippen LogP contribution is -2.32. The van der Waals surface area contributed by atoms with E-state index in [0.717, 1.165) is 6.42 Å². The van der Waals surface area contributed by atoms with E-state index in [1.807, 2.05) is 0 Å². The van der Waals surface area contributed by atoms with Gasteiger partial charge in [0.15, 0.2) is 5.11 Å². The molecule has 4 heteroatoms. The quantitative estimate of drug-likeness (QED) is 0.500. The Kier molecular flexibility index (Phi) is 3.25. The van der Waals surface area contributed by atoms with Gasteiger partial charge in [-0.1, -0.05) is 20.3 Å². The van der Waals surface area contributed by atoms with E-state index in [4.69, 9.17) is 18.0 Å². The van der Waals surface area contributed by atoms with Gasteiger partial charge in [-0.15, -0.1) is 0 Å². The molecule has 0 radical (unpaired) electrons. The van der Waals surface area contributed by atoms with E-state index in [2.05, 4.69) is 24.4 Å². The average molecular weight is 199 g/mol. The molecule has 0 atom stereocenters. The normalized spacial score (nSPS) is 24.3. The van der Waals surface area contributed by atoms with Crippen LogP contribution < -0.4 is 11.2 Å². The first kappa shape index (κ1) is 10.4. The molecule has 0 aromatic heterocycles. The standard InChI is InChI=1S/C9H17N3S/c1-9(2)6-4-3-5-7(9)11-12-8(10)13/h3-6H2,1-2H3,(H3,10,12,13). The fourth-order valence-corrected chi connectivity index (χ4v) is 1.72. The van der Waals surface area contributed by atoms with E-state index >= 15 is 0 Å². The molecule has 1 fully saturated rings. The lowest BCUT2D eigenvalue weighted by molar-refractivity contribution is 0.408. The second kappa shape index (κ2) is 4.05. The molecule has 1 rings (SSSR count). The van der Waals surface area contributed by atoms with E-state index in [0.29, 0.717) is 0 Å². The number of hydrazone groups is 1. The van der Waals surface area contributed by atoms with Crippen LogP contribution in [0.15, 0.2) is 5.10 Å². The van der Waals surface area contributed by atoms with Crippen molar-refractivity contribution >= 4 is 23.0 Å². The van der Waals surface area contributed by atoms with Gasteiger partial charge in [-0.25, -0.2) is 0 Å². The van der Waals surface area contributed by atoms with Crippen molar-refractivity contribution in [3.63, 3.8) is 0 Å². The van der Waals surface area contributed by atoms with E-state index in [-0.39, 0.29) is 10.5 Å². The van der Waals surface area contributed by atoms with Gasteiger partial charge in [0.2, 0.25) is 0 Å². The van der Waals surface area contributed by atoms with Crippen LogP contribution in [-0.4, -0.2) is 10.8 Å². The highest BCUT2D eigenvalue weighted by Gasteiger charge is 2.28. The molecule has 3 nitrogen and oxygen atoms in total. The van der Waals surface area contributed by atoms with Crippen molar-refractivity contribution in [2.45, 2.75) is 39.5 Å². The molecule has 0 aliphatic heterocycles. The Morgan fingerprint density at radius 1 is 1.54 bits per heavy atom. The Hall–Kier alpha value is -0.640. The van der Waals surface area contributed by atoms with Crippen LogP contribution in [0.25, 0.3) is 0 Å². The van der Waals surface area contributed by atoms with Crippen LogP contribution in [0.5, 0.6) is 0 Å². The first-order chi connectivity index (χ1) is 6.02. The molecule has 1 aliphatic rings. The van der Waals surface area contributed by atoms with Gasteiger partial charge in [0.05, 0.1) is 0 Å². The number of hydrogen-bond acceptors (Lipinski definition) is 2. The molecule has 13 heavy (non-hydrogen) atoms. The van der Waals surface area contributed by atoms with Crippen LogP contribution in [0, 0.1) is 5.41 Å². The summed E-state index contributed by atoms with van der Waals surface area (Å²) in [6.45, 7) is 4.43. The first-order valence-electron chi connectivity index (χ1n) is 4.65. The molecule has 0 bridgehead atoms. The summed E-state index contributed by atoms with van der Waals surface area (Å²) < 4.78 is 0. The van der Waals surface area contributed by atoms with Crippen LogP contribution in [0.1, 0.15) is 39.5 Å². The summed E-state index contributed by atoms with van der Waals surface area (Å²) in [7, 11) is 0. The molecular weight excluding hydrogens is 182 g/mol. The third kappa shape index (κ3) is 2.95. The molecule has 1 saturated carbocycles. The molecule has 0 unspecified atom stereocenters. The highest BCUT2D eigenvalue weighted by Crippen LogP contribution is 2.32. The fourth-order valence-electron chi connectivity index (χ4n) is 1.67. The molecule has 0 amide bonds. The zero-order valence-corrected chi connectivity index (χ0v) is 9.08. The van der Waals surface area contributed by atoms with Gasteiger partial charge in [0, 0.05) is 11.1 Å². The molecule has 0 aromatic carbocycles. The highest BCUT2D eigenvalue weighted by atomic mass is 32.1. The molecule has 0 saturated heterocycles. The van der Waals surface area contributed by atoms with Gasteiger partial charge in [0.25, 0.3) is 0 Å². The molecule has 74 valence electrons. The number of rotatable bonds is 1. The third-order valence-corrected chi connectivity index (χ3v) is 2.64. The number of nitrogens with two attached hydrogens (primary N) is 1. The molecule has 1 aliphatic carbocycles. The highest BCUT2D eigenvalue weighted by molar-refractivity contribution is 7.80. The van der Waals surface area contributed by atoms with Gasteiger partial charge in [0.1, 0.15) is 0 Å². The largest absolute Gasteiger partial charge is 0.375 e. The van der Waals surface area contributed by atoms with Crippen LogP contribution in [-0.2, 0) is 0 Å². The van der Waals surface area contributed by atoms with Crippen molar-refractivity contribution in [2.24, 2.45) is 16.3 Å². The molecule has 0 spiro atoms. The van der Waals surface area contributed by atoms with E-state index in [1.54, 1.807) is 0 Å². The van der Waals surface area contributed by atoms with Crippen LogP contribution in [0.2, 0.25) is 0 Å². The summed E-state index contributed by atoms with van der Waals surface area (Å²) >= 11 is 4.70. The second-order valence-electron chi connectivity index (χ2n) is 4.13. The maximum Gasteiger partial charge on any atom is 0.184 e. The molecule has 3 N–H and O–H groups in total. The monoisotopic (exact) mass is 199 g/mol. The minimum absolute atomic E-state index is 0.204. The minimum atomic E-state index is 0.204. The zero-order valence-electron chi connectivity index (χ0n) is 8.26. The van der Waals surface area contributed by atoms with Crippen molar-refractivity contribution in [2.75, 3.05) is 0 Å². The van der Waals surface area contributed by atoms with Gasteiger partial charge < -0.3 is 5.73 Å². The number of thiocarbonyl (C=S) groups is 1. The van der Waals surface area contributed by atoms with Crippen molar-refractivity contribution in [1.29, 1.82) is 0 Å². The lowest BCUT2D eigenvalue weighted by Gasteiger charge is -2.30. The molecule has 0 aromatic rings. The van der Waals surface area contributed by atoms with Gasteiger partial charge in [-0.05, 0) is 31.5 Å². The Morgan fingerprint density at radius 2 is 2.23 bits per heavy atom. The topological polar surface area (TPSA) is 50.4 Å². The zero-order chi connectivity index (χ0) is 9.90. The number of nitrogens with one attached hydrogen (secondary N) is 1. The maximum absolute atomic E-state index is 5.31. The molecule has 0 heterocycles. The van der Waals surface area contributed by atoms with Gasteiger partial charge in [-0.2, -0.15) is 5.10 Å². The van der Waals surface area contributed by atoms with Crippen LogP contribution in [0.4, 0.5) is 0 Å². The van der Waals surface area contributed by atoms with Gasteiger partial charge in [-0.3, -0.25) is 5.43 Å².